The first-order valence-corrected chi connectivity index (χ1v) is 25.0. The van der Waals surface area contributed by atoms with Crippen molar-refractivity contribution in [1.82, 2.24) is 0 Å². The standard InChI is InChI=1S/C48H88NO9P/c1-6-8-10-12-14-16-18-20-21-22-23-25-27-29-31-33-35-39-48(52)58-46(44-57-59(53,54)56-42-41-49(3,4)5)43-55-47(51)40-36-38-45(50)37-34-32-30-28-26-24-19-17-15-13-11-9-7-2/h15,17,24,26,30,32,34,37,45-46,50H,6-14,16,18-23,25,27-29,31,33,35-36,38-44H2,1-5H3/p+1/b17-15-,26-24-,32-30-,37-34+/t45-,46-/m1/s1. The fourth-order valence-corrected chi connectivity index (χ4v) is 6.98. The molecule has 2 N–H and O–H groups in total. The Labute approximate surface area is 361 Å². The Balaban J connectivity index is 4.49. The van der Waals surface area contributed by atoms with Gasteiger partial charge in [-0.05, 0) is 44.9 Å². The topological polar surface area (TPSA) is 129 Å². The molecule has 0 aliphatic heterocycles. The van der Waals surface area contributed by atoms with Gasteiger partial charge in [0.15, 0.2) is 6.10 Å². The fraction of sp³-hybridized carbons (Fsp3) is 0.792. The number of phosphoric acid groups is 1. The molecular formula is C48H89NO9P+. The lowest BCUT2D eigenvalue weighted by atomic mass is 10.0. The molecule has 3 atom stereocenters. The second-order valence-electron chi connectivity index (χ2n) is 17.0. The molecule has 0 aromatic rings. The molecule has 0 bridgehead atoms. The first-order valence-electron chi connectivity index (χ1n) is 23.5. The molecule has 344 valence electrons. The van der Waals surface area contributed by atoms with Gasteiger partial charge in [0.2, 0.25) is 0 Å². The van der Waals surface area contributed by atoms with Crippen molar-refractivity contribution in [2.24, 2.45) is 0 Å². The summed E-state index contributed by atoms with van der Waals surface area (Å²) in [4.78, 5) is 35.4. The summed E-state index contributed by atoms with van der Waals surface area (Å²) < 4.78 is 34.2. The average Bonchev–Trinajstić information content (AvgIpc) is 3.18. The van der Waals surface area contributed by atoms with Gasteiger partial charge in [0.25, 0.3) is 0 Å². The molecule has 0 spiro atoms. The number of likely N-dealkylation sites (N-methyl/N-ethyl adjacent to an activating group) is 1. The highest BCUT2D eigenvalue weighted by molar-refractivity contribution is 7.47. The van der Waals surface area contributed by atoms with Gasteiger partial charge < -0.3 is 24.0 Å². The maximum atomic E-state index is 12.7. The number of carbonyl (C=O) groups excluding carboxylic acids is 2. The first kappa shape index (κ1) is 56.9. The molecule has 0 aliphatic rings. The van der Waals surface area contributed by atoms with Crippen LogP contribution < -0.4 is 0 Å². The molecule has 0 aliphatic carbocycles. The number of hydrogen-bond acceptors (Lipinski definition) is 8. The Kier molecular flexibility index (Phi) is 38.6. The molecule has 0 heterocycles. The van der Waals surface area contributed by atoms with Gasteiger partial charge in [0, 0.05) is 12.8 Å². The molecule has 11 heteroatoms. The van der Waals surface area contributed by atoms with Crippen molar-refractivity contribution >= 4 is 19.8 Å². The van der Waals surface area contributed by atoms with Gasteiger partial charge in [-0.15, -0.1) is 0 Å². The molecule has 0 fully saturated rings. The highest BCUT2D eigenvalue weighted by atomic mass is 31.2. The van der Waals surface area contributed by atoms with E-state index >= 15 is 0 Å². The predicted octanol–water partition coefficient (Wildman–Crippen LogP) is 12.4. The Morgan fingerprint density at radius 3 is 1.69 bits per heavy atom. The van der Waals surface area contributed by atoms with Gasteiger partial charge in [-0.3, -0.25) is 18.6 Å². The molecule has 0 rings (SSSR count). The van der Waals surface area contributed by atoms with Crippen molar-refractivity contribution in [3.8, 4) is 0 Å². The van der Waals surface area contributed by atoms with Crippen molar-refractivity contribution in [2.45, 2.75) is 199 Å². The van der Waals surface area contributed by atoms with E-state index in [2.05, 4.69) is 38.2 Å². The van der Waals surface area contributed by atoms with Gasteiger partial charge in [-0.25, -0.2) is 4.57 Å². The van der Waals surface area contributed by atoms with Crippen LogP contribution in [-0.4, -0.2) is 86.1 Å². The third-order valence-electron chi connectivity index (χ3n) is 9.97. The average molecular weight is 855 g/mol. The van der Waals surface area contributed by atoms with Crippen LogP contribution in [0.5, 0.6) is 0 Å². The quantitative estimate of drug-likeness (QED) is 0.0154. The maximum Gasteiger partial charge on any atom is 0.472 e. The minimum atomic E-state index is -4.42. The van der Waals surface area contributed by atoms with Crippen molar-refractivity contribution in [2.75, 3.05) is 47.5 Å². The van der Waals surface area contributed by atoms with Crippen LogP contribution in [0.25, 0.3) is 0 Å². The molecule has 59 heavy (non-hydrogen) atoms. The van der Waals surface area contributed by atoms with Crippen molar-refractivity contribution in [1.29, 1.82) is 0 Å². The SMILES string of the molecule is CCCCC/C=C\C/C=C\C/C=C\C=C\[C@@H](O)CCCC(=O)OC[C@H](COP(=O)(O)OCC[N+](C)(C)C)OC(=O)CCCCCCCCCCCCCCCCCCC. The number of allylic oxidation sites excluding steroid dienone is 7. The summed E-state index contributed by atoms with van der Waals surface area (Å²) in [5.41, 5.74) is 0. The third-order valence-corrected chi connectivity index (χ3v) is 11.0. The summed E-state index contributed by atoms with van der Waals surface area (Å²) in [5.74, 6) is -0.996. The Bertz CT molecular complexity index is 1160. The molecule has 10 nitrogen and oxygen atoms in total. The number of aliphatic hydroxyl groups excluding tert-OH is 1. The molecule has 0 aromatic carbocycles. The van der Waals surface area contributed by atoms with Crippen molar-refractivity contribution in [3.63, 3.8) is 0 Å². The molecule has 0 saturated heterocycles. The lowest BCUT2D eigenvalue weighted by Gasteiger charge is -2.24. The van der Waals surface area contributed by atoms with Crippen LogP contribution in [-0.2, 0) is 32.7 Å². The highest BCUT2D eigenvalue weighted by Gasteiger charge is 2.27. The molecular weight excluding hydrogens is 765 g/mol. The van der Waals surface area contributed by atoms with Crippen molar-refractivity contribution in [3.05, 3.63) is 48.6 Å². The fourth-order valence-electron chi connectivity index (χ4n) is 6.24. The molecule has 0 saturated carbocycles. The van der Waals surface area contributed by atoms with E-state index in [1.807, 2.05) is 33.3 Å². The van der Waals surface area contributed by atoms with E-state index in [1.54, 1.807) is 12.2 Å². The Morgan fingerprint density at radius 2 is 1.12 bits per heavy atom. The van der Waals surface area contributed by atoms with E-state index in [0.717, 1.165) is 38.5 Å². The minimum Gasteiger partial charge on any atom is -0.462 e. The van der Waals surface area contributed by atoms with Crippen LogP contribution in [0.3, 0.4) is 0 Å². The van der Waals surface area contributed by atoms with Gasteiger partial charge in [-0.1, -0.05) is 178 Å². The van der Waals surface area contributed by atoms with Crippen LogP contribution in [0.15, 0.2) is 48.6 Å². The number of aliphatic hydroxyl groups is 1. The summed E-state index contributed by atoms with van der Waals surface area (Å²) in [6.07, 6.45) is 43.3. The second kappa shape index (κ2) is 40.0. The summed E-state index contributed by atoms with van der Waals surface area (Å²) in [5, 5.41) is 10.3. The summed E-state index contributed by atoms with van der Waals surface area (Å²) in [6.45, 7) is 4.18. The van der Waals surface area contributed by atoms with Crippen LogP contribution in [0.2, 0.25) is 0 Å². The number of rotatable bonds is 42. The van der Waals surface area contributed by atoms with Gasteiger partial charge in [-0.2, -0.15) is 0 Å². The number of unbranched alkanes of at least 4 members (excludes halogenated alkanes) is 19. The van der Waals surface area contributed by atoms with Gasteiger partial charge in [0.1, 0.15) is 19.8 Å². The summed E-state index contributed by atoms with van der Waals surface area (Å²) >= 11 is 0. The number of quaternary nitrogens is 1. The number of nitrogens with zero attached hydrogens (tertiary/aromatic N) is 1. The zero-order valence-corrected chi connectivity index (χ0v) is 39.2. The Morgan fingerprint density at radius 1 is 0.610 bits per heavy atom. The van der Waals surface area contributed by atoms with Gasteiger partial charge >= 0.3 is 19.8 Å². The monoisotopic (exact) mass is 855 g/mol. The second-order valence-corrected chi connectivity index (χ2v) is 18.4. The normalized spacial score (nSPS) is 14.5. The number of hydrogen-bond donors (Lipinski definition) is 2. The van der Waals surface area contributed by atoms with E-state index in [0.29, 0.717) is 30.3 Å². The number of esters is 2. The first-order chi connectivity index (χ1) is 28.4. The zero-order chi connectivity index (χ0) is 43.7. The maximum absolute atomic E-state index is 12.7. The van der Waals surface area contributed by atoms with Crippen LogP contribution in [0, 0.1) is 0 Å². The lowest BCUT2D eigenvalue weighted by molar-refractivity contribution is -0.870. The molecule has 1 unspecified atom stereocenters. The van der Waals surface area contributed by atoms with E-state index in [1.165, 1.54) is 103 Å². The Hall–Kier alpha value is -2.07. The van der Waals surface area contributed by atoms with Crippen LogP contribution in [0.4, 0.5) is 0 Å². The van der Waals surface area contributed by atoms with E-state index in [4.69, 9.17) is 18.5 Å². The minimum absolute atomic E-state index is 0.00204. The van der Waals surface area contributed by atoms with Gasteiger partial charge in [0.05, 0.1) is 33.9 Å². The van der Waals surface area contributed by atoms with Crippen molar-refractivity contribution < 1.29 is 47.2 Å². The lowest BCUT2D eigenvalue weighted by Crippen LogP contribution is -2.37. The number of ether oxygens (including phenoxy) is 2. The van der Waals surface area contributed by atoms with E-state index in [9.17, 15) is 24.2 Å². The predicted molar refractivity (Wildman–Crippen MR) is 244 cm³/mol. The third kappa shape index (κ3) is 43.8. The number of carbonyl (C=O) groups is 2. The molecule has 0 aromatic heterocycles. The largest absolute Gasteiger partial charge is 0.472 e. The van der Waals surface area contributed by atoms with E-state index < -0.39 is 38.6 Å². The van der Waals surface area contributed by atoms with Crippen LogP contribution in [0.1, 0.15) is 187 Å². The highest BCUT2D eigenvalue weighted by Crippen LogP contribution is 2.43. The van der Waals surface area contributed by atoms with Crippen LogP contribution >= 0.6 is 7.82 Å². The number of phosphoric ester groups is 1. The smallest absolute Gasteiger partial charge is 0.462 e. The summed E-state index contributed by atoms with van der Waals surface area (Å²) in [6, 6.07) is 0. The molecule has 0 amide bonds. The zero-order valence-electron chi connectivity index (χ0n) is 38.3. The molecule has 0 radical (unpaired) electrons. The van der Waals surface area contributed by atoms with E-state index in [-0.39, 0.29) is 26.1 Å². The summed E-state index contributed by atoms with van der Waals surface area (Å²) in [7, 11) is 1.38.